The van der Waals surface area contributed by atoms with Gasteiger partial charge in [0, 0.05) is 38.0 Å². The summed E-state index contributed by atoms with van der Waals surface area (Å²) in [5, 5.41) is 14.2. The fourth-order valence-corrected chi connectivity index (χ4v) is 3.57. The summed E-state index contributed by atoms with van der Waals surface area (Å²) < 4.78 is 5.40. The number of carbonyl (C=O) groups excluding carboxylic acids is 1. The summed E-state index contributed by atoms with van der Waals surface area (Å²) in [6.07, 6.45) is 1.83. The van der Waals surface area contributed by atoms with Crippen LogP contribution in [0.2, 0.25) is 0 Å². The van der Waals surface area contributed by atoms with Crippen LogP contribution >= 0.6 is 0 Å². The molecule has 3 rings (SSSR count). The van der Waals surface area contributed by atoms with Crippen molar-refractivity contribution in [1.29, 1.82) is 0 Å². The molecule has 2 aliphatic rings. The van der Waals surface area contributed by atoms with Gasteiger partial charge in [0.2, 0.25) is 11.8 Å². The lowest BCUT2D eigenvalue weighted by atomic mass is 9.91. The largest absolute Gasteiger partial charge is 0.392 e. The third kappa shape index (κ3) is 3.62. The lowest BCUT2D eigenvalue weighted by Crippen LogP contribution is -2.51. The molecule has 134 valence electrons. The second-order valence-corrected chi connectivity index (χ2v) is 7.47. The Morgan fingerprint density at radius 3 is 2.58 bits per heavy atom. The molecular formula is C17H28N4O3. The van der Waals surface area contributed by atoms with Crippen molar-refractivity contribution in [2.24, 2.45) is 5.92 Å². The maximum absolute atomic E-state index is 12.7. The first-order valence-corrected chi connectivity index (χ1v) is 8.94. The fourth-order valence-electron chi connectivity index (χ4n) is 3.57. The van der Waals surface area contributed by atoms with Gasteiger partial charge in [0.1, 0.15) is 0 Å². The number of piperidine rings is 2. The van der Waals surface area contributed by atoms with Gasteiger partial charge in [-0.2, -0.15) is 4.98 Å². The van der Waals surface area contributed by atoms with E-state index in [1.54, 1.807) is 0 Å². The zero-order chi connectivity index (χ0) is 17.3. The van der Waals surface area contributed by atoms with E-state index < -0.39 is 6.10 Å². The van der Waals surface area contributed by atoms with E-state index in [1.807, 2.05) is 25.8 Å². The van der Waals surface area contributed by atoms with Crippen molar-refractivity contribution in [3.05, 3.63) is 11.7 Å². The molecule has 7 nitrogen and oxygen atoms in total. The van der Waals surface area contributed by atoms with Crippen LogP contribution in [0.4, 0.5) is 0 Å². The molecule has 3 heterocycles. The smallest absolute Gasteiger partial charge is 0.229 e. The van der Waals surface area contributed by atoms with Crippen molar-refractivity contribution in [2.45, 2.75) is 51.0 Å². The number of likely N-dealkylation sites (tertiary alicyclic amines) is 2. The van der Waals surface area contributed by atoms with Gasteiger partial charge in [0.05, 0.1) is 12.0 Å². The number of aromatic nitrogens is 2. The second kappa shape index (κ2) is 7.19. The predicted molar refractivity (Wildman–Crippen MR) is 88.6 cm³/mol. The number of hydrogen-bond donors (Lipinski definition) is 1. The van der Waals surface area contributed by atoms with Crippen LogP contribution in [0.5, 0.6) is 0 Å². The van der Waals surface area contributed by atoms with Gasteiger partial charge in [-0.1, -0.05) is 19.0 Å². The standard InChI is InChI=1S/C17H28N4O3/c1-11(2)15-18-16(24-19-15)12-4-8-21(9-5-12)17(23)13-10-20(3)7-6-14(13)22/h11-14,22H,4-10H2,1-3H3/t13-,14-/m1/s1. The van der Waals surface area contributed by atoms with Gasteiger partial charge in [-0.15, -0.1) is 0 Å². The summed E-state index contributed by atoms with van der Waals surface area (Å²) in [7, 11) is 2.00. The van der Waals surface area contributed by atoms with E-state index >= 15 is 0 Å². The first-order valence-electron chi connectivity index (χ1n) is 8.94. The minimum atomic E-state index is -0.518. The van der Waals surface area contributed by atoms with E-state index in [4.69, 9.17) is 4.52 Å². The monoisotopic (exact) mass is 336 g/mol. The predicted octanol–water partition coefficient (Wildman–Crippen LogP) is 1.21. The maximum atomic E-state index is 12.7. The Bertz CT molecular complexity index is 566. The number of aliphatic hydroxyl groups excluding tert-OH is 1. The molecule has 24 heavy (non-hydrogen) atoms. The van der Waals surface area contributed by atoms with Crippen molar-refractivity contribution in [1.82, 2.24) is 19.9 Å². The summed E-state index contributed by atoms with van der Waals surface area (Å²) in [5.74, 6) is 1.72. The highest BCUT2D eigenvalue weighted by Crippen LogP contribution is 2.29. The Morgan fingerprint density at radius 1 is 1.25 bits per heavy atom. The highest BCUT2D eigenvalue weighted by Gasteiger charge is 2.36. The minimum absolute atomic E-state index is 0.0842. The van der Waals surface area contributed by atoms with E-state index in [0.717, 1.165) is 25.2 Å². The lowest BCUT2D eigenvalue weighted by Gasteiger charge is -2.38. The lowest BCUT2D eigenvalue weighted by molar-refractivity contribution is -0.143. The zero-order valence-corrected chi connectivity index (χ0v) is 14.8. The van der Waals surface area contributed by atoms with Gasteiger partial charge < -0.3 is 19.4 Å². The molecule has 2 fully saturated rings. The van der Waals surface area contributed by atoms with E-state index in [1.165, 1.54) is 0 Å². The molecule has 0 aromatic carbocycles. The molecule has 0 bridgehead atoms. The molecule has 0 unspecified atom stereocenters. The summed E-state index contributed by atoms with van der Waals surface area (Å²) in [5.41, 5.74) is 0. The van der Waals surface area contributed by atoms with Crippen molar-refractivity contribution in [2.75, 3.05) is 33.2 Å². The molecule has 0 radical (unpaired) electrons. The topological polar surface area (TPSA) is 82.7 Å². The molecule has 0 saturated carbocycles. The number of carbonyl (C=O) groups is 1. The SMILES string of the molecule is CC(C)c1noc(C2CCN(C(=O)[C@@H]3CN(C)CC[C@H]3O)CC2)n1. The van der Waals surface area contributed by atoms with Crippen LogP contribution in [0.3, 0.4) is 0 Å². The Balaban J connectivity index is 1.57. The van der Waals surface area contributed by atoms with Crippen LogP contribution < -0.4 is 0 Å². The molecule has 1 amide bonds. The van der Waals surface area contributed by atoms with Gasteiger partial charge in [-0.3, -0.25) is 4.79 Å². The average Bonchev–Trinajstić information content (AvgIpc) is 3.07. The van der Waals surface area contributed by atoms with Gasteiger partial charge in [0.25, 0.3) is 0 Å². The highest BCUT2D eigenvalue weighted by molar-refractivity contribution is 5.80. The number of rotatable bonds is 3. The van der Waals surface area contributed by atoms with Crippen molar-refractivity contribution in [3.8, 4) is 0 Å². The number of amides is 1. The number of nitrogens with zero attached hydrogens (tertiary/aromatic N) is 4. The second-order valence-electron chi connectivity index (χ2n) is 7.47. The molecule has 2 atom stereocenters. The molecule has 1 N–H and O–H groups in total. The van der Waals surface area contributed by atoms with Gasteiger partial charge >= 0.3 is 0 Å². The Labute approximate surface area is 143 Å². The molecule has 0 spiro atoms. The fraction of sp³-hybridized carbons (Fsp3) is 0.824. The van der Waals surface area contributed by atoms with E-state index in [0.29, 0.717) is 31.9 Å². The Kier molecular flexibility index (Phi) is 5.20. The molecule has 1 aromatic rings. The van der Waals surface area contributed by atoms with E-state index in [9.17, 15) is 9.90 Å². The molecule has 7 heteroatoms. The first kappa shape index (κ1) is 17.4. The quantitative estimate of drug-likeness (QED) is 0.893. The third-order valence-corrected chi connectivity index (χ3v) is 5.23. The van der Waals surface area contributed by atoms with Crippen LogP contribution in [-0.4, -0.2) is 70.3 Å². The third-order valence-electron chi connectivity index (χ3n) is 5.23. The summed E-state index contributed by atoms with van der Waals surface area (Å²) >= 11 is 0. The Morgan fingerprint density at radius 2 is 1.96 bits per heavy atom. The number of hydrogen-bond acceptors (Lipinski definition) is 6. The number of aliphatic hydroxyl groups is 1. The van der Waals surface area contributed by atoms with Crippen LogP contribution in [0.1, 0.15) is 56.7 Å². The van der Waals surface area contributed by atoms with Gasteiger partial charge in [0.15, 0.2) is 5.82 Å². The highest BCUT2D eigenvalue weighted by atomic mass is 16.5. The molecule has 1 aromatic heterocycles. The van der Waals surface area contributed by atoms with Gasteiger partial charge in [-0.25, -0.2) is 0 Å². The molecule has 2 aliphatic heterocycles. The van der Waals surface area contributed by atoms with Gasteiger partial charge in [-0.05, 0) is 26.3 Å². The first-order chi connectivity index (χ1) is 11.5. The van der Waals surface area contributed by atoms with Crippen molar-refractivity contribution in [3.63, 3.8) is 0 Å². The summed E-state index contributed by atoms with van der Waals surface area (Å²) in [4.78, 5) is 21.2. The summed E-state index contributed by atoms with van der Waals surface area (Å²) in [6.45, 7) is 6.96. The van der Waals surface area contributed by atoms with E-state index in [2.05, 4.69) is 15.0 Å². The van der Waals surface area contributed by atoms with Crippen LogP contribution in [0.25, 0.3) is 0 Å². The molecule has 2 saturated heterocycles. The van der Waals surface area contributed by atoms with Crippen LogP contribution in [0, 0.1) is 5.92 Å². The maximum Gasteiger partial charge on any atom is 0.229 e. The van der Waals surface area contributed by atoms with Crippen molar-refractivity contribution < 1.29 is 14.4 Å². The van der Waals surface area contributed by atoms with Crippen LogP contribution in [-0.2, 0) is 4.79 Å². The zero-order valence-electron chi connectivity index (χ0n) is 14.8. The van der Waals surface area contributed by atoms with E-state index in [-0.39, 0.29) is 23.7 Å². The summed E-state index contributed by atoms with van der Waals surface area (Å²) in [6, 6.07) is 0. The minimum Gasteiger partial charge on any atom is -0.392 e. The van der Waals surface area contributed by atoms with Crippen LogP contribution in [0.15, 0.2) is 4.52 Å². The molecular weight excluding hydrogens is 308 g/mol. The molecule has 0 aliphatic carbocycles. The normalized spacial score (nSPS) is 27.0. The Hall–Kier alpha value is -1.47. The van der Waals surface area contributed by atoms with Crippen molar-refractivity contribution >= 4 is 5.91 Å². The average molecular weight is 336 g/mol.